The summed E-state index contributed by atoms with van der Waals surface area (Å²) in [7, 11) is 0. The number of hydrogen-bond donors (Lipinski definition) is 1. The number of nitrogen functional groups attached to an aromatic ring is 1. The molecule has 0 fully saturated rings. The number of nitrogens with zero attached hydrogens (tertiary/aromatic N) is 1. The Labute approximate surface area is 101 Å². The molecular weight excluding hydrogens is 224 g/mol. The van der Waals surface area contributed by atoms with E-state index in [1.807, 2.05) is 13.8 Å². The van der Waals surface area contributed by atoms with Gasteiger partial charge < -0.3 is 10.5 Å². The Morgan fingerprint density at radius 3 is 2.75 bits per heavy atom. The minimum absolute atomic E-state index is 0.363. The summed E-state index contributed by atoms with van der Waals surface area (Å²) in [5.74, 6) is 0.674. The van der Waals surface area contributed by atoms with Crippen molar-refractivity contribution >= 4 is 17.3 Å². The van der Waals surface area contributed by atoms with Crippen LogP contribution in [0.1, 0.15) is 20.3 Å². The Hall–Kier alpha value is -1.40. The first-order valence-corrected chi connectivity index (χ1v) is 5.41. The Morgan fingerprint density at radius 2 is 2.19 bits per heavy atom. The van der Waals surface area contributed by atoms with E-state index in [2.05, 4.69) is 6.07 Å². The largest absolute Gasteiger partial charge is 0.493 e. The van der Waals surface area contributed by atoms with E-state index in [9.17, 15) is 0 Å². The second kappa shape index (κ2) is 5.09. The van der Waals surface area contributed by atoms with Crippen LogP contribution in [0.25, 0.3) is 0 Å². The molecule has 86 valence electrons. The van der Waals surface area contributed by atoms with Gasteiger partial charge in [-0.3, -0.25) is 0 Å². The van der Waals surface area contributed by atoms with Gasteiger partial charge in [-0.05, 0) is 32.4 Å². The maximum atomic E-state index is 8.83. The molecular formula is C12H15ClN2O. The van der Waals surface area contributed by atoms with Gasteiger partial charge in [-0.15, -0.1) is 0 Å². The van der Waals surface area contributed by atoms with Crippen molar-refractivity contribution < 1.29 is 4.74 Å². The SMILES string of the molecule is CC(C)(C#N)CCOc1ccc(N)c(Cl)c1. The van der Waals surface area contributed by atoms with Gasteiger partial charge in [-0.1, -0.05) is 11.6 Å². The van der Waals surface area contributed by atoms with E-state index in [1.54, 1.807) is 18.2 Å². The average molecular weight is 239 g/mol. The number of benzene rings is 1. The van der Waals surface area contributed by atoms with Crippen molar-refractivity contribution in [1.82, 2.24) is 0 Å². The fraction of sp³-hybridized carbons (Fsp3) is 0.417. The lowest BCUT2D eigenvalue weighted by molar-refractivity contribution is 0.264. The number of rotatable bonds is 4. The molecule has 0 aliphatic heterocycles. The zero-order valence-electron chi connectivity index (χ0n) is 9.46. The van der Waals surface area contributed by atoms with Crippen LogP contribution in [0.15, 0.2) is 18.2 Å². The highest BCUT2D eigenvalue weighted by Crippen LogP contribution is 2.25. The summed E-state index contributed by atoms with van der Waals surface area (Å²) in [5, 5.41) is 9.31. The van der Waals surface area contributed by atoms with Gasteiger partial charge in [0.1, 0.15) is 5.75 Å². The number of nitrogens with two attached hydrogens (primary N) is 1. The van der Waals surface area contributed by atoms with E-state index in [0.717, 1.165) is 0 Å². The van der Waals surface area contributed by atoms with Crippen LogP contribution in [0, 0.1) is 16.7 Å². The number of anilines is 1. The second-order valence-electron chi connectivity index (χ2n) is 4.28. The number of hydrogen-bond acceptors (Lipinski definition) is 3. The predicted molar refractivity (Wildman–Crippen MR) is 65.4 cm³/mol. The lowest BCUT2D eigenvalue weighted by Gasteiger charge is -2.15. The van der Waals surface area contributed by atoms with E-state index in [-0.39, 0.29) is 5.41 Å². The zero-order valence-corrected chi connectivity index (χ0v) is 10.2. The normalized spacial score (nSPS) is 10.9. The molecule has 0 saturated carbocycles. The molecule has 2 N–H and O–H groups in total. The van der Waals surface area contributed by atoms with Crippen LogP contribution < -0.4 is 10.5 Å². The van der Waals surface area contributed by atoms with E-state index < -0.39 is 0 Å². The highest BCUT2D eigenvalue weighted by Gasteiger charge is 2.16. The Bertz CT molecular complexity index is 410. The highest BCUT2D eigenvalue weighted by atomic mass is 35.5. The molecule has 0 bridgehead atoms. The summed E-state index contributed by atoms with van der Waals surface area (Å²) in [4.78, 5) is 0. The van der Waals surface area contributed by atoms with Crippen molar-refractivity contribution in [2.45, 2.75) is 20.3 Å². The molecule has 1 aromatic carbocycles. The summed E-state index contributed by atoms with van der Waals surface area (Å²) >= 11 is 5.85. The molecule has 0 aliphatic carbocycles. The van der Waals surface area contributed by atoms with Crippen molar-refractivity contribution in [3.63, 3.8) is 0 Å². The van der Waals surface area contributed by atoms with Crippen molar-refractivity contribution in [1.29, 1.82) is 5.26 Å². The third-order valence-corrected chi connectivity index (χ3v) is 2.60. The van der Waals surface area contributed by atoms with Gasteiger partial charge in [0.05, 0.1) is 28.8 Å². The molecule has 3 nitrogen and oxygen atoms in total. The summed E-state index contributed by atoms with van der Waals surface area (Å²) in [6.07, 6.45) is 0.672. The molecule has 16 heavy (non-hydrogen) atoms. The van der Waals surface area contributed by atoms with Crippen molar-refractivity contribution in [2.24, 2.45) is 5.41 Å². The van der Waals surface area contributed by atoms with Crippen LogP contribution in [0.5, 0.6) is 5.75 Å². The minimum atomic E-state index is -0.363. The highest BCUT2D eigenvalue weighted by molar-refractivity contribution is 6.33. The van der Waals surface area contributed by atoms with Gasteiger partial charge in [0, 0.05) is 6.07 Å². The molecule has 1 aromatic rings. The molecule has 0 amide bonds. The lowest BCUT2D eigenvalue weighted by atomic mass is 9.92. The lowest BCUT2D eigenvalue weighted by Crippen LogP contribution is -2.13. The Morgan fingerprint density at radius 1 is 1.50 bits per heavy atom. The van der Waals surface area contributed by atoms with Crippen molar-refractivity contribution in [3.8, 4) is 11.8 Å². The van der Waals surface area contributed by atoms with Crippen LogP contribution in [0.2, 0.25) is 5.02 Å². The van der Waals surface area contributed by atoms with Gasteiger partial charge in [0.15, 0.2) is 0 Å². The van der Waals surface area contributed by atoms with Gasteiger partial charge >= 0.3 is 0 Å². The summed E-state index contributed by atoms with van der Waals surface area (Å²) in [6, 6.07) is 7.36. The van der Waals surface area contributed by atoms with Gasteiger partial charge in [0.25, 0.3) is 0 Å². The molecule has 0 spiro atoms. The van der Waals surface area contributed by atoms with E-state index in [1.165, 1.54) is 0 Å². The maximum Gasteiger partial charge on any atom is 0.120 e. The summed E-state index contributed by atoms with van der Waals surface area (Å²) in [6.45, 7) is 4.25. The fourth-order valence-electron chi connectivity index (χ4n) is 1.08. The van der Waals surface area contributed by atoms with Crippen LogP contribution in [0.4, 0.5) is 5.69 Å². The first-order chi connectivity index (χ1) is 7.44. The second-order valence-corrected chi connectivity index (χ2v) is 4.68. The molecule has 0 radical (unpaired) electrons. The van der Waals surface area contributed by atoms with E-state index in [0.29, 0.717) is 29.5 Å². The topological polar surface area (TPSA) is 59.0 Å². The molecule has 0 heterocycles. The van der Waals surface area contributed by atoms with Crippen LogP contribution in [-0.4, -0.2) is 6.61 Å². The molecule has 0 aromatic heterocycles. The number of ether oxygens (including phenoxy) is 1. The molecule has 0 aliphatic rings. The predicted octanol–water partition coefficient (Wildman–Crippen LogP) is 3.24. The Balaban J connectivity index is 2.50. The first kappa shape index (κ1) is 12.7. The monoisotopic (exact) mass is 238 g/mol. The zero-order chi connectivity index (χ0) is 12.2. The number of halogens is 1. The third kappa shape index (κ3) is 3.63. The van der Waals surface area contributed by atoms with Crippen LogP contribution in [-0.2, 0) is 0 Å². The fourth-order valence-corrected chi connectivity index (χ4v) is 1.25. The standard InChI is InChI=1S/C12H15ClN2O/c1-12(2,8-14)5-6-16-9-3-4-11(15)10(13)7-9/h3-4,7H,5-6,15H2,1-2H3. The minimum Gasteiger partial charge on any atom is -0.493 e. The average Bonchev–Trinajstić information content (AvgIpc) is 2.23. The Kier molecular flexibility index (Phi) is 4.03. The smallest absolute Gasteiger partial charge is 0.120 e. The van der Waals surface area contributed by atoms with E-state index >= 15 is 0 Å². The maximum absolute atomic E-state index is 8.83. The van der Waals surface area contributed by atoms with Crippen LogP contribution >= 0.6 is 11.6 Å². The number of nitriles is 1. The van der Waals surface area contributed by atoms with Crippen LogP contribution in [0.3, 0.4) is 0 Å². The molecule has 0 atom stereocenters. The molecule has 1 rings (SSSR count). The molecule has 0 unspecified atom stereocenters. The third-order valence-electron chi connectivity index (χ3n) is 2.27. The first-order valence-electron chi connectivity index (χ1n) is 5.04. The quantitative estimate of drug-likeness (QED) is 0.820. The van der Waals surface area contributed by atoms with Gasteiger partial charge in [-0.25, -0.2) is 0 Å². The van der Waals surface area contributed by atoms with Crippen molar-refractivity contribution in [2.75, 3.05) is 12.3 Å². The molecule has 0 saturated heterocycles. The summed E-state index contributed by atoms with van der Waals surface area (Å²) in [5.41, 5.74) is 5.75. The van der Waals surface area contributed by atoms with Crippen molar-refractivity contribution in [3.05, 3.63) is 23.2 Å². The van der Waals surface area contributed by atoms with Gasteiger partial charge in [-0.2, -0.15) is 5.26 Å². The van der Waals surface area contributed by atoms with E-state index in [4.69, 9.17) is 27.3 Å². The molecule has 4 heteroatoms. The summed E-state index contributed by atoms with van der Waals surface area (Å²) < 4.78 is 5.49. The van der Waals surface area contributed by atoms with Gasteiger partial charge in [0.2, 0.25) is 0 Å².